The molecule has 1 unspecified atom stereocenters. The number of hydrogen-bond acceptors (Lipinski definition) is 2. The van der Waals surface area contributed by atoms with Crippen LogP contribution in [0.25, 0.3) is 10.9 Å². The van der Waals surface area contributed by atoms with E-state index in [4.69, 9.17) is 23.1 Å². The third-order valence-corrected chi connectivity index (χ3v) is 4.81. The zero-order valence-corrected chi connectivity index (χ0v) is 14.3. The average molecular weight is 352 g/mol. The van der Waals surface area contributed by atoms with Crippen LogP contribution in [0.1, 0.15) is 29.2 Å². The molecule has 1 aliphatic carbocycles. The first-order valence-corrected chi connectivity index (χ1v) is 8.50. The van der Waals surface area contributed by atoms with Crippen molar-refractivity contribution < 1.29 is 0 Å². The van der Waals surface area contributed by atoms with Gasteiger partial charge in [-0.3, -0.25) is 0 Å². The van der Waals surface area contributed by atoms with Crippen LogP contribution in [0.15, 0.2) is 58.7 Å². The standard InChI is InChI=1S/C19H18ClN5/c20-13-6-7-15-14(10-13)18-16(23-15)8-12(11-4-2-1-3-5-11)9-17(18)24-25-19(21)22/h1-7,10,12,23H,8-9H2,(H4,21,22,25)/b24-17+. The second-order valence-corrected chi connectivity index (χ2v) is 6.69. The molecule has 5 nitrogen and oxygen atoms in total. The van der Waals surface area contributed by atoms with Gasteiger partial charge in [0.05, 0.1) is 5.71 Å². The Kier molecular flexibility index (Phi) is 3.93. The second kappa shape index (κ2) is 6.26. The summed E-state index contributed by atoms with van der Waals surface area (Å²) in [6, 6.07) is 16.3. The minimum absolute atomic E-state index is 0.0474. The molecule has 1 aliphatic rings. The third kappa shape index (κ3) is 2.98. The largest absolute Gasteiger partial charge is 0.369 e. The molecule has 0 radical (unpaired) electrons. The maximum Gasteiger partial charge on any atom is 0.211 e. The van der Waals surface area contributed by atoms with Crippen LogP contribution in [0, 0.1) is 0 Å². The van der Waals surface area contributed by atoms with Crippen molar-refractivity contribution >= 4 is 34.2 Å². The van der Waals surface area contributed by atoms with Gasteiger partial charge in [0.2, 0.25) is 5.96 Å². The lowest BCUT2D eigenvalue weighted by atomic mass is 9.81. The Morgan fingerprint density at radius 1 is 1.08 bits per heavy atom. The first kappa shape index (κ1) is 15.7. The molecule has 0 bridgehead atoms. The van der Waals surface area contributed by atoms with Crippen molar-refractivity contribution in [2.45, 2.75) is 18.8 Å². The van der Waals surface area contributed by atoms with E-state index in [0.717, 1.165) is 40.7 Å². The first-order chi connectivity index (χ1) is 12.1. The quantitative estimate of drug-likeness (QED) is 0.374. The molecule has 0 saturated carbocycles. The molecule has 5 N–H and O–H groups in total. The highest BCUT2D eigenvalue weighted by Crippen LogP contribution is 2.37. The van der Waals surface area contributed by atoms with Crippen molar-refractivity contribution in [3.05, 3.63) is 70.4 Å². The predicted molar refractivity (Wildman–Crippen MR) is 103 cm³/mol. The molecule has 1 atom stereocenters. The SMILES string of the molecule is NC(N)=N/N=C1\CC(c2ccccc2)Cc2[nH]c3ccc(Cl)cc3c21. The molecule has 2 aromatic carbocycles. The van der Waals surface area contributed by atoms with Gasteiger partial charge >= 0.3 is 0 Å². The van der Waals surface area contributed by atoms with E-state index >= 15 is 0 Å². The molecule has 6 heteroatoms. The Morgan fingerprint density at radius 3 is 2.64 bits per heavy atom. The molecule has 1 heterocycles. The van der Waals surface area contributed by atoms with Gasteiger partial charge in [-0.2, -0.15) is 5.10 Å². The summed E-state index contributed by atoms with van der Waals surface area (Å²) in [5, 5.41) is 9.99. The number of nitrogens with zero attached hydrogens (tertiary/aromatic N) is 2. The fraction of sp³-hybridized carbons (Fsp3) is 0.158. The summed E-state index contributed by atoms with van der Waals surface area (Å²) in [4.78, 5) is 3.51. The summed E-state index contributed by atoms with van der Waals surface area (Å²) >= 11 is 6.20. The highest BCUT2D eigenvalue weighted by atomic mass is 35.5. The number of benzene rings is 2. The first-order valence-electron chi connectivity index (χ1n) is 8.12. The molecule has 0 amide bonds. The lowest BCUT2D eigenvalue weighted by Crippen LogP contribution is -2.23. The molecule has 1 aromatic heterocycles. The number of H-pyrrole nitrogens is 1. The van der Waals surface area contributed by atoms with Crippen LogP contribution < -0.4 is 11.5 Å². The van der Waals surface area contributed by atoms with Gasteiger partial charge in [0.15, 0.2) is 0 Å². The average Bonchev–Trinajstić information content (AvgIpc) is 2.98. The zero-order chi connectivity index (χ0) is 17.4. The number of hydrogen-bond donors (Lipinski definition) is 3. The Labute approximate surface area is 150 Å². The van der Waals surface area contributed by atoms with Gasteiger partial charge in [0.25, 0.3) is 0 Å². The zero-order valence-electron chi connectivity index (χ0n) is 13.5. The summed E-state index contributed by atoms with van der Waals surface area (Å²) in [7, 11) is 0. The third-order valence-electron chi connectivity index (χ3n) is 4.57. The van der Waals surface area contributed by atoms with Crippen LogP contribution in [0.3, 0.4) is 0 Å². The van der Waals surface area contributed by atoms with E-state index in [2.05, 4.69) is 39.5 Å². The number of aromatic nitrogens is 1. The molecule has 0 fully saturated rings. The summed E-state index contributed by atoms with van der Waals surface area (Å²) in [6.45, 7) is 0. The van der Waals surface area contributed by atoms with E-state index in [0.29, 0.717) is 10.9 Å². The van der Waals surface area contributed by atoms with Crippen LogP contribution >= 0.6 is 11.6 Å². The van der Waals surface area contributed by atoms with Gasteiger partial charge in [0, 0.05) is 27.2 Å². The number of rotatable bonds is 2. The number of nitrogens with one attached hydrogen (secondary N) is 1. The number of fused-ring (bicyclic) bond motifs is 3. The van der Waals surface area contributed by atoms with Crippen LogP contribution in [-0.4, -0.2) is 16.7 Å². The van der Waals surface area contributed by atoms with Crippen molar-refractivity contribution in [3.63, 3.8) is 0 Å². The monoisotopic (exact) mass is 351 g/mol. The number of guanidine groups is 1. The van der Waals surface area contributed by atoms with Gasteiger partial charge in [-0.25, -0.2) is 0 Å². The molecule has 0 aliphatic heterocycles. The van der Waals surface area contributed by atoms with Crippen LogP contribution in [-0.2, 0) is 6.42 Å². The van der Waals surface area contributed by atoms with E-state index in [1.165, 1.54) is 5.56 Å². The van der Waals surface area contributed by atoms with Crippen molar-refractivity contribution in [3.8, 4) is 0 Å². The predicted octanol–water partition coefficient (Wildman–Crippen LogP) is 3.53. The van der Waals surface area contributed by atoms with Crippen LogP contribution in [0.5, 0.6) is 0 Å². The Balaban J connectivity index is 1.88. The highest BCUT2D eigenvalue weighted by Gasteiger charge is 2.28. The van der Waals surface area contributed by atoms with Gasteiger partial charge < -0.3 is 16.5 Å². The summed E-state index contributed by atoms with van der Waals surface area (Å²) in [5.41, 5.74) is 16.4. The van der Waals surface area contributed by atoms with E-state index < -0.39 is 0 Å². The summed E-state index contributed by atoms with van der Waals surface area (Å²) < 4.78 is 0. The molecule has 0 spiro atoms. The number of aromatic amines is 1. The fourth-order valence-corrected chi connectivity index (χ4v) is 3.70. The maximum atomic E-state index is 6.20. The van der Waals surface area contributed by atoms with Gasteiger partial charge in [-0.15, -0.1) is 5.10 Å². The minimum atomic E-state index is -0.0474. The van der Waals surface area contributed by atoms with Crippen LogP contribution in [0.2, 0.25) is 5.02 Å². The van der Waals surface area contributed by atoms with Crippen molar-refractivity contribution in [2.75, 3.05) is 0 Å². The van der Waals surface area contributed by atoms with Crippen molar-refractivity contribution in [1.82, 2.24) is 4.98 Å². The van der Waals surface area contributed by atoms with Crippen molar-refractivity contribution in [1.29, 1.82) is 0 Å². The molecule has 126 valence electrons. The van der Waals surface area contributed by atoms with Crippen LogP contribution in [0.4, 0.5) is 0 Å². The highest BCUT2D eigenvalue weighted by molar-refractivity contribution is 6.31. The fourth-order valence-electron chi connectivity index (χ4n) is 3.53. The molecule has 25 heavy (non-hydrogen) atoms. The Hall–Kier alpha value is -2.79. The van der Waals surface area contributed by atoms with E-state index in [9.17, 15) is 0 Å². The number of halogens is 1. The maximum absolute atomic E-state index is 6.20. The normalized spacial score (nSPS) is 18.3. The van der Waals surface area contributed by atoms with Gasteiger partial charge in [0.1, 0.15) is 0 Å². The minimum Gasteiger partial charge on any atom is -0.369 e. The summed E-state index contributed by atoms with van der Waals surface area (Å²) in [5.74, 6) is 0.277. The topological polar surface area (TPSA) is 92.6 Å². The molecule has 0 saturated heterocycles. The van der Waals surface area contributed by atoms with Gasteiger partial charge in [-0.1, -0.05) is 41.9 Å². The Morgan fingerprint density at radius 2 is 1.88 bits per heavy atom. The lowest BCUT2D eigenvalue weighted by Gasteiger charge is -2.24. The number of nitrogens with two attached hydrogens (primary N) is 2. The van der Waals surface area contributed by atoms with Gasteiger partial charge in [-0.05, 0) is 42.5 Å². The van der Waals surface area contributed by atoms with E-state index in [-0.39, 0.29) is 5.96 Å². The smallest absolute Gasteiger partial charge is 0.211 e. The molecule has 4 rings (SSSR count). The van der Waals surface area contributed by atoms with E-state index in [1.807, 2.05) is 24.3 Å². The summed E-state index contributed by atoms with van der Waals surface area (Å²) in [6.07, 6.45) is 1.68. The second-order valence-electron chi connectivity index (χ2n) is 6.26. The van der Waals surface area contributed by atoms with E-state index in [1.54, 1.807) is 0 Å². The molecular formula is C19H18ClN5. The molecular weight excluding hydrogens is 334 g/mol. The lowest BCUT2D eigenvalue weighted by molar-refractivity contribution is 0.685. The molecule has 3 aromatic rings. The van der Waals surface area contributed by atoms with Crippen molar-refractivity contribution in [2.24, 2.45) is 21.7 Å². The Bertz CT molecular complexity index is 984.